The topological polar surface area (TPSA) is 114 Å². The Hall–Kier alpha value is -0.545. The Bertz CT molecular complexity index is 755. The quantitative estimate of drug-likeness (QED) is 0.413. The zero-order valence-corrected chi connectivity index (χ0v) is 13.5. The first kappa shape index (κ1) is 21.5. The molecule has 0 fully saturated rings. The monoisotopic (exact) mass is 326 g/mol. The van der Waals surface area contributed by atoms with Crippen LogP contribution in [-0.2, 0) is 20.2 Å². The number of rotatable bonds is 3. The molecule has 0 amide bonds. The Labute approximate surface area is 152 Å². The van der Waals surface area contributed by atoms with Crippen LogP contribution >= 0.6 is 0 Å². The maximum Gasteiger partial charge on any atom is 1.00 e. The molecule has 0 aromatic heterocycles. The second-order valence-corrected chi connectivity index (χ2v) is 6.72. The molecule has 106 valence electrons. The summed E-state index contributed by atoms with van der Waals surface area (Å²) in [5.74, 6) is 0. The molecule has 0 radical (unpaired) electrons. The van der Waals surface area contributed by atoms with Crippen molar-refractivity contribution in [2.24, 2.45) is 0 Å². The molecule has 0 saturated heterocycles. The first-order valence-electron chi connectivity index (χ1n) is 5.30. The fraction of sp³-hybridized carbons (Fsp3) is 0. The first-order valence-corrected chi connectivity index (χ1v) is 8.12. The van der Waals surface area contributed by atoms with Crippen LogP contribution < -0.4 is 37.7 Å². The summed E-state index contributed by atoms with van der Waals surface area (Å²) in [6.07, 6.45) is 0. The Morgan fingerprint density at radius 1 is 0.545 bits per heavy atom. The van der Waals surface area contributed by atoms with Crippen molar-refractivity contribution in [2.45, 2.75) is 9.79 Å². The third-order valence-electron chi connectivity index (χ3n) is 2.62. The largest absolute Gasteiger partial charge is 1.00 e. The van der Waals surface area contributed by atoms with Gasteiger partial charge in [0.05, 0.1) is 9.79 Å². The van der Waals surface area contributed by atoms with Gasteiger partial charge < -0.3 is 9.11 Å². The summed E-state index contributed by atoms with van der Waals surface area (Å²) in [4.78, 5) is -0.694. The van der Waals surface area contributed by atoms with Crippen molar-refractivity contribution in [2.75, 3.05) is 0 Å². The van der Waals surface area contributed by atoms with Crippen LogP contribution in [0.1, 0.15) is 0 Å². The van der Waals surface area contributed by atoms with Crippen LogP contribution in [0.4, 0.5) is 0 Å². The molecule has 0 aliphatic heterocycles. The number of hydrogen-bond donors (Lipinski definition) is 0. The van der Waals surface area contributed by atoms with E-state index in [-0.39, 0.29) is 47.5 Å². The summed E-state index contributed by atoms with van der Waals surface area (Å²) in [7, 11) is -9.00. The number of hydrogen-bond acceptors (Lipinski definition) is 6. The SMILES string of the molecule is O=S(=O)([O-])c1ccc(-c2ccc(S(=O)(=O)[O-])cc2)cc1.[Li+].[Li+]. The maximum atomic E-state index is 10.8. The van der Waals surface area contributed by atoms with Gasteiger partial charge in [-0.05, 0) is 35.4 Å². The van der Waals surface area contributed by atoms with Crippen LogP contribution in [-0.4, -0.2) is 25.9 Å². The molecule has 6 nitrogen and oxygen atoms in total. The smallest absolute Gasteiger partial charge is 0.744 e. The minimum atomic E-state index is -4.50. The second kappa shape index (κ2) is 7.82. The van der Waals surface area contributed by atoms with E-state index in [2.05, 4.69) is 0 Å². The Morgan fingerprint density at radius 2 is 0.773 bits per heavy atom. The Balaban J connectivity index is 0.00000220. The minimum absolute atomic E-state index is 0. The molecular weight excluding hydrogens is 318 g/mol. The van der Waals surface area contributed by atoms with E-state index in [0.717, 1.165) is 24.3 Å². The number of benzene rings is 2. The third kappa shape index (κ3) is 5.27. The van der Waals surface area contributed by atoms with E-state index in [1.54, 1.807) is 0 Å². The van der Waals surface area contributed by atoms with Crippen LogP contribution in [0, 0.1) is 0 Å². The van der Waals surface area contributed by atoms with E-state index in [1.807, 2.05) is 0 Å². The van der Waals surface area contributed by atoms with E-state index >= 15 is 0 Å². The molecule has 0 aliphatic rings. The summed E-state index contributed by atoms with van der Waals surface area (Å²) < 4.78 is 64.7. The van der Waals surface area contributed by atoms with E-state index in [4.69, 9.17) is 0 Å². The van der Waals surface area contributed by atoms with Crippen LogP contribution in [0.25, 0.3) is 11.1 Å². The Morgan fingerprint density at radius 3 is 0.955 bits per heavy atom. The fourth-order valence-corrected chi connectivity index (χ4v) is 2.57. The molecule has 22 heavy (non-hydrogen) atoms. The van der Waals surface area contributed by atoms with Crippen LogP contribution in [0.2, 0.25) is 0 Å². The van der Waals surface area contributed by atoms with Gasteiger partial charge in [0.15, 0.2) is 0 Å². The molecule has 2 aromatic carbocycles. The molecule has 0 atom stereocenters. The molecule has 2 rings (SSSR count). The zero-order chi connectivity index (χ0) is 15.0. The van der Waals surface area contributed by atoms with Crippen LogP contribution in [0.15, 0.2) is 58.3 Å². The predicted octanol–water partition coefficient (Wildman–Crippen LogP) is -4.83. The average Bonchev–Trinajstić information content (AvgIpc) is 2.37. The van der Waals surface area contributed by atoms with Gasteiger partial charge in [0.25, 0.3) is 0 Å². The summed E-state index contributed by atoms with van der Waals surface area (Å²) in [6, 6.07) is 10.3. The minimum Gasteiger partial charge on any atom is -0.744 e. The summed E-state index contributed by atoms with van der Waals surface area (Å²) in [5, 5.41) is 0. The van der Waals surface area contributed by atoms with Gasteiger partial charge >= 0.3 is 37.7 Å². The van der Waals surface area contributed by atoms with Crippen molar-refractivity contribution in [1.82, 2.24) is 0 Å². The van der Waals surface area contributed by atoms with Gasteiger partial charge in [0.1, 0.15) is 20.2 Å². The molecule has 0 bridgehead atoms. The third-order valence-corrected chi connectivity index (χ3v) is 4.32. The molecular formula is C12H8Li2O6S2. The molecule has 0 spiro atoms. The molecule has 0 N–H and O–H groups in total. The first-order chi connectivity index (χ1) is 9.18. The molecule has 2 aromatic rings. The predicted molar refractivity (Wildman–Crippen MR) is 67.8 cm³/mol. The van der Waals surface area contributed by atoms with Crippen molar-refractivity contribution in [3.63, 3.8) is 0 Å². The van der Waals surface area contributed by atoms with Gasteiger partial charge in [-0.2, -0.15) is 0 Å². The molecule has 0 saturated carbocycles. The van der Waals surface area contributed by atoms with Crippen LogP contribution in [0.5, 0.6) is 0 Å². The second-order valence-electron chi connectivity index (χ2n) is 3.96. The van der Waals surface area contributed by atoms with Crippen molar-refractivity contribution < 1.29 is 63.7 Å². The Kier molecular flexibility index (Phi) is 7.63. The average molecular weight is 326 g/mol. The van der Waals surface area contributed by atoms with Gasteiger partial charge in [-0.1, -0.05) is 24.3 Å². The van der Waals surface area contributed by atoms with Gasteiger partial charge in [0.2, 0.25) is 0 Å². The van der Waals surface area contributed by atoms with Gasteiger partial charge in [-0.15, -0.1) is 0 Å². The fourth-order valence-electron chi connectivity index (χ4n) is 1.63. The summed E-state index contributed by atoms with van der Waals surface area (Å²) in [6.45, 7) is 0. The van der Waals surface area contributed by atoms with Crippen molar-refractivity contribution in [3.05, 3.63) is 48.5 Å². The standard InChI is InChI=1S/C12H10O6S2.2Li/c13-19(14,15)11-5-1-9(2-6-11)10-3-7-12(8-4-10)20(16,17)18;;/h1-8H,(H,13,14,15)(H,16,17,18);;/q;2*+1/p-2. The normalized spacial score (nSPS) is 11.2. The van der Waals surface area contributed by atoms with Crippen molar-refractivity contribution >= 4 is 20.2 Å². The van der Waals surface area contributed by atoms with E-state index < -0.39 is 20.2 Å². The molecule has 0 aliphatic carbocycles. The zero-order valence-electron chi connectivity index (χ0n) is 11.9. The van der Waals surface area contributed by atoms with E-state index in [0.29, 0.717) is 11.1 Å². The summed E-state index contributed by atoms with van der Waals surface area (Å²) in [5.41, 5.74) is 1.18. The van der Waals surface area contributed by atoms with Gasteiger partial charge in [0, 0.05) is 0 Å². The van der Waals surface area contributed by atoms with E-state index in [1.165, 1.54) is 24.3 Å². The van der Waals surface area contributed by atoms with Crippen molar-refractivity contribution in [1.29, 1.82) is 0 Å². The van der Waals surface area contributed by atoms with Gasteiger partial charge in [-0.25, -0.2) is 16.8 Å². The summed E-state index contributed by atoms with van der Waals surface area (Å²) >= 11 is 0. The molecule has 0 unspecified atom stereocenters. The van der Waals surface area contributed by atoms with Gasteiger partial charge in [-0.3, -0.25) is 0 Å². The van der Waals surface area contributed by atoms with Crippen LogP contribution in [0.3, 0.4) is 0 Å². The molecule has 0 heterocycles. The molecule has 10 heteroatoms. The van der Waals surface area contributed by atoms with Crippen molar-refractivity contribution in [3.8, 4) is 11.1 Å². The maximum absolute atomic E-state index is 10.8. The van der Waals surface area contributed by atoms with E-state index in [9.17, 15) is 25.9 Å².